The topological polar surface area (TPSA) is 81.4 Å². The van der Waals surface area contributed by atoms with Crippen LogP contribution in [0, 0.1) is 0 Å². The van der Waals surface area contributed by atoms with Gasteiger partial charge in [-0.05, 0) is 37.5 Å². The summed E-state index contributed by atoms with van der Waals surface area (Å²) in [6.07, 6.45) is 1.63. The Kier molecular flexibility index (Phi) is 7.15. The highest BCUT2D eigenvalue weighted by atomic mass is 32.2. The summed E-state index contributed by atoms with van der Waals surface area (Å²) in [6, 6.07) is 6.53. The molecule has 0 heterocycles. The van der Waals surface area contributed by atoms with Gasteiger partial charge in [0.05, 0.1) is 4.90 Å². The molecule has 0 spiro atoms. The van der Waals surface area contributed by atoms with Crippen LogP contribution in [0.2, 0.25) is 0 Å². The molecule has 1 unspecified atom stereocenters. The molecule has 20 heavy (non-hydrogen) atoms. The fraction of sp³-hybridized carbons (Fsp3) is 0.571. The Balaban J connectivity index is 2.47. The summed E-state index contributed by atoms with van der Waals surface area (Å²) in [5.74, 6) is 0. The van der Waals surface area contributed by atoms with Gasteiger partial charge in [-0.15, -0.1) is 0 Å². The van der Waals surface area contributed by atoms with Crippen molar-refractivity contribution in [2.24, 2.45) is 5.73 Å². The number of nitrogens with one attached hydrogen (secondary N) is 1. The van der Waals surface area contributed by atoms with Crippen molar-refractivity contribution >= 4 is 10.0 Å². The smallest absolute Gasteiger partial charge is 0.240 e. The lowest BCUT2D eigenvalue weighted by Gasteiger charge is -2.09. The molecule has 3 N–H and O–H groups in total. The second kappa shape index (κ2) is 8.36. The van der Waals surface area contributed by atoms with Gasteiger partial charge in [-0.1, -0.05) is 19.1 Å². The first-order valence-electron chi connectivity index (χ1n) is 6.90. The largest absolute Gasteiger partial charge is 0.381 e. The van der Waals surface area contributed by atoms with Crippen molar-refractivity contribution in [1.29, 1.82) is 0 Å². The molecule has 1 aromatic carbocycles. The Bertz CT molecular complexity index is 484. The number of nitrogens with two attached hydrogens (primary N) is 1. The Labute approximate surface area is 121 Å². The molecule has 0 aliphatic rings. The Hall–Kier alpha value is -0.950. The highest BCUT2D eigenvalue weighted by Gasteiger charge is 2.13. The van der Waals surface area contributed by atoms with E-state index in [2.05, 4.69) is 4.72 Å². The van der Waals surface area contributed by atoms with Gasteiger partial charge in [-0.25, -0.2) is 13.1 Å². The van der Waals surface area contributed by atoms with Crippen LogP contribution in [0.4, 0.5) is 0 Å². The van der Waals surface area contributed by atoms with E-state index in [1.54, 1.807) is 24.3 Å². The van der Waals surface area contributed by atoms with Gasteiger partial charge in [0.25, 0.3) is 0 Å². The molecule has 0 saturated carbocycles. The number of hydrogen-bond donors (Lipinski definition) is 2. The normalized spacial score (nSPS) is 13.3. The molecule has 0 aliphatic carbocycles. The standard InChI is InChI=1S/C14H24N2O3S/c1-3-10-19-11-4-9-16-20(17,18)14-7-5-13(6-8-14)12(2)15/h5-8,12,16H,3-4,9-11,15H2,1-2H3. The molecule has 0 aliphatic heterocycles. The molecular formula is C14H24N2O3S. The second-order valence-electron chi connectivity index (χ2n) is 4.72. The van der Waals surface area contributed by atoms with Crippen molar-refractivity contribution in [3.63, 3.8) is 0 Å². The summed E-state index contributed by atoms with van der Waals surface area (Å²) >= 11 is 0. The zero-order valence-electron chi connectivity index (χ0n) is 12.1. The molecule has 0 radical (unpaired) electrons. The van der Waals surface area contributed by atoms with E-state index in [4.69, 9.17) is 10.5 Å². The number of ether oxygens (including phenoxy) is 1. The van der Waals surface area contributed by atoms with Crippen LogP contribution in [-0.4, -0.2) is 28.2 Å². The summed E-state index contributed by atoms with van der Waals surface area (Å²) in [5.41, 5.74) is 6.65. The van der Waals surface area contributed by atoms with Gasteiger partial charge in [-0.2, -0.15) is 0 Å². The average molecular weight is 300 g/mol. The molecule has 114 valence electrons. The summed E-state index contributed by atoms with van der Waals surface area (Å²) in [7, 11) is -3.44. The lowest BCUT2D eigenvalue weighted by molar-refractivity contribution is 0.133. The van der Waals surface area contributed by atoms with E-state index in [-0.39, 0.29) is 10.9 Å². The summed E-state index contributed by atoms with van der Waals surface area (Å²) in [6.45, 7) is 5.55. The van der Waals surface area contributed by atoms with Crippen molar-refractivity contribution in [3.8, 4) is 0 Å². The molecule has 0 bridgehead atoms. The minimum atomic E-state index is -3.44. The van der Waals surface area contributed by atoms with Gasteiger partial charge in [-0.3, -0.25) is 0 Å². The van der Waals surface area contributed by atoms with Crippen LogP contribution < -0.4 is 10.5 Å². The molecule has 0 saturated heterocycles. The predicted molar refractivity (Wildman–Crippen MR) is 80.0 cm³/mol. The number of sulfonamides is 1. The van der Waals surface area contributed by atoms with Gasteiger partial charge in [0.1, 0.15) is 0 Å². The van der Waals surface area contributed by atoms with Crippen LogP contribution in [0.5, 0.6) is 0 Å². The van der Waals surface area contributed by atoms with E-state index in [9.17, 15) is 8.42 Å². The second-order valence-corrected chi connectivity index (χ2v) is 6.49. The molecule has 5 nitrogen and oxygen atoms in total. The fourth-order valence-electron chi connectivity index (χ4n) is 1.66. The van der Waals surface area contributed by atoms with Crippen LogP contribution in [-0.2, 0) is 14.8 Å². The first kappa shape index (κ1) is 17.1. The quantitative estimate of drug-likeness (QED) is 0.681. The van der Waals surface area contributed by atoms with Gasteiger partial charge in [0.2, 0.25) is 10.0 Å². The molecular weight excluding hydrogens is 276 g/mol. The lowest BCUT2D eigenvalue weighted by Crippen LogP contribution is -2.25. The zero-order valence-corrected chi connectivity index (χ0v) is 12.9. The Morgan fingerprint density at radius 1 is 1.25 bits per heavy atom. The van der Waals surface area contributed by atoms with Crippen molar-refractivity contribution in [2.75, 3.05) is 19.8 Å². The van der Waals surface area contributed by atoms with E-state index in [1.165, 1.54) is 0 Å². The molecule has 6 heteroatoms. The van der Waals surface area contributed by atoms with Crippen LogP contribution in [0.3, 0.4) is 0 Å². The van der Waals surface area contributed by atoms with E-state index < -0.39 is 10.0 Å². The van der Waals surface area contributed by atoms with Crippen molar-refractivity contribution in [3.05, 3.63) is 29.8 Å². The number of hydrogen-bond acceptors (Lipinski definition) is 4. The number of rotatable bonds is 9. The van der Waals surface area contributed by atoms with E-state index in [0.29, 0.717) is 26.2 Å². The summed E-state index contributed by atoms with van der Waals surface area (Å²) < 4.78 is 31.9. The van der Waals surface area contributed by atoms with Crippen molar-refractivity contribution < 1.29 is 13.2 Å². The summed E-state index contributed by atoms with van der Waals surface area (Å²) in [5, 5.41) is 0. The Morgan fingerprint density at radius 3 is 2.45 bits per heavy atom. The first-order valence-corrected chi connectivity index (χ1v) is 8.38. The third-order valence-corrected chi connectivity index (χ3v) is 4.30. The minimum Gasteiger partial charge on any atom is -0.381 e. The Morgan fingerprint density at radius 2 is 1.90 bits per heavy atom. The SMILES string of the molecule is CCCOCCCNS(=O)(=O)c1ccc(C(C)N)cc1. The van der Waals surface area contributed by atoms with E-state index in [0.717, 1.165) is 12.0 Å². The monoisotopic (exact) mass is 300 g/mol. The van der Waals surface area contributed by atoms with Crippen LogP contribution in [0.15, 0.2) is 29.2 Å². The highest BCUT2D eigenvalue weighted by molar-refractivity contribution is 7.89. The van der Waals surface area contributed by atoms with Crippen LogP contribution >= 0.6 is 0 Å². The molecule has 1 atom stereocenters. The van der Waals surface area contributed by atoms with Gasteiger partial charge < -0.3 is 10.5 Å². The average Bonchev–Trinajstić information content (AvgIpc) is 2.43. The third-order valence-electron chi connectivity index (χ3n) is 2.82. The maximum absolute atomic E-state index is 12.0. The molecule has 0 fully saturated rings. The lowest BCUT2D eigenvalue weighted by atomic mass is 10.1. The molecule has 0 aromatic heterocycles. The van der Waals surface area contributed by atoms with Crippen molar-refractivity contribution in [2.45, 2.75) is 37.6 Å². The van der Waals surface area contributed by atoms with E-state index in [1.807, 2.05) is 13.8 Å². The van der Waals surface area contributed by atoms with Crippen LogP contribution in [0.25, 0.3) is 0 Å². The molecule has 0 amide bonds. The van der Waals surface area contributed by atoms with Gasteiger partial charge in [0, 0.05) is 25.8 Å². The molecule has 1 aromatic rings. The zero-order chi connectivity index (χ0) is 15.0. The minimum absolute atomic E-state index is 0.101. The maximum atomic E-state index is 12.0. The van der Waals surface area contributed by atoms with Gasteiger partial charge in [0.15, 0.2) is 0 Å². The van der Waals surface area contributed by atoms with Crippen molar-refractivity contribution in [1.82, 2.24) is 4.72 Å². The highest BCUT2D eigenvalue weighted by Crippen LogP contribution is 2.14. The maximum Gasteiger partial charge on any atom is 0.240 e. The first-order chi connectivity index (χ1) is 9.47. The third kappa shape index (κ3) is 5.58. The predicted octanol–water partition coefficient (Wildman–Crippen LogP) is 1.80. The molecule has 1 rings (SSSR count). The summed E-state index contributed by atoms with van der Waals surface area (Å²) in [4.78, 5) is 0.261. The van der Waals surface area contributed by atoms with Gasteiger partial charge >= 0.3 is 0 Å². The fourth-order valence-corrected chi connectivity index (χ4v) is 2.74. The number of benzene rings is 1. The van der Waals surface area contributed by atoms with E-state index >= 15 is 0 Å². The van der Waals surface area contributed by atoms with Crippen LogP contribution in [0.1, 0.15) is 38.3 Å².